The molecule has 1 saturated heterocycles. The monoisotopic (exact) mass is 312 g/mol. The molecule has 0 bridgehead atoms. The molecule has 1 aliphatic heterocycles. The average molecular weight is 312 g/mol. The lowest BCUT2D eigenvalue weighted by atomic mass is 10.2. The van der Waals surface area contributed by atoms with E-state index < -0.39 is 0 Å². The van der Waals surface area contributed by atoms with E-state index in [0.29, 0.717) is 24.5 Å². The van der Waals surface area contributed by atoms with E-state index in [9.17, 15) is 4.79 Å². The molecule has 3 rings (SSSR count). The van der Waals surface area contributed by atoms with E-state index in [4.69, 9.17) is 4.74 Å². The van der Waals surface area contributed by atoms with E-state index in [1.54, 1.807) is 12.3 Å². The Labute approximate surface area is 135 Å². The van der Waals surface area contributed by atoms with E-state index in [1.807, 2.05) is 48.2 Å². The third-order valence-electron chi connectivity index (χ3n) is 3.91. The van der Waals surface area contributed by atoms with E-state index >= 15 is 0 Å². The first kappa shape index (κ1) is 15.3. The number of benzene rings is 1. The molecule has 2 heterocycles. The molecule has 0 unspecified atom stereocenters. The van der Waals surface area contributed by atoms with Crippen LogP contribution in [0.2, 0.25) is 0 Å². The summed E-state index contributed by atoms with van der Waals surface area (Å²) in [6.07, 6.45) is 3.90. The van der Waals surface area contributed by atoms with Gasteiger partial charge in [0.1, 0.15) is 12.4 Å². The van der Waals surface area contributed by atoms with Gasteiger partial charge in [-0.25, -0.2) is 9.97 Å². The predicted octanol–water partition coefficient (Wildman–Crippen LogP) is 1.84. The lowest BCUT2D eigenvalue weighted by molar-refractivity contribution is 0.0771. The summed E-state index contributed by atoms with van der Waals surface area (Å²) in [4.78, 5) is 24.3. The second-order valence-electron chi connectivity index (χ2n) is 5.77. The van der Waals surface area contributed by atoms with E-state index in [0.717, 1.165) is 12.1 Å². The number of aromatic nitrogens is 2. The van der Waals surface area contributed by atoms with Crippen LogP contribution in [0, 0.1) is 0 Å². The van der Waals surface area contributed by atoms with Crippen molar-refractivity contribution in [3.05, 3.63) is 48.4 Å². The van der Waals surface area contributed by atoms with Crippen LogP contribution in [0.15, 0.2) is 42.9 Å². The lowest BCUT2D eigenvalue weighted by Crippen LogP contribution is -2.31. The lowest BCUT2D eigenvalue weighted by Gasteiger charge is -2.18. The van der Waals surface area contributed by atoms with Crippen molar-refractivity contribution in [2.45, 2.75) is 12.5 Å². The highest BCUT2D eigenvalue weighted by atomic mass is 16.5. The van der Waals surface area contributed by atoms with Crippen molar-refractivity contribution in [1.82, 2.24) is 14.9 Å². The summed E-state index contributed by atoms with van der Waals surface area (Å²) in [5.41, 5.74) is 1.78. The maximum atomic E-state index is 12.6. The van der Waals surface area contributed by atoms with Gasteiger partial charge in [0.05, 0.1) is 6.54 Å². The van der Waals surface area contributed by atoms with Crippen molar-refractivity contribution < 1.29 is 9.53 Å². The molecular weight excluding hydrogens is 292 g/mol. The van der Waals surface area contributed by atoms with Gasteiger partial charge in [-0.3, -0.25) is 4.79 Å². The standard InChI is InChI=1S/C17H20N4O2/c1-20(2)14-5-3-13(4-6-14)17(22)21-10-8-15(11-21)23-16-7-9-18-12-19-16/h3-7,9,12,15H,8,10-11H2,1-2H3/t15-/m1/s1. The molecule has 1 fully saturated rings. The van der Waals surface area contributed by atoms with Gasteiger partial charge < -0.3 is 14.5 Å². The molecule has 1 aromatic carbocycles. The number of carbonyl (C=O) groups is 1. The van der Waals surface area contributed by atoms with Gasteiger partial charge in [-0.1, -0.05) is 0 Å². The summed E-state index contributed by atoms with van der Waals surface area (Å²) in [5, 5.41) is 0. The predicted molar refractivity (Wildman–Crippen MR) is 87.7 cm³/mol. The fraction of sp³-hybridized carbons (Fsp3) is 0.353. The van der Waals surface area contributed by atoms with Crippen LogP contribution < -0.4 is 9.64 Å². The van der Waals surface area contributed by atoms with E-state index in [-0.39, 0.29) is 12.0 Å². The van der Waals surface area contributed by atoms with Gasteiger partial charge in [-0.2, -0.15) is 0 Å². The Kier molecular flexibility index (Phi) is 4.41. The summed E-state index contributed by atoms with van der Waals surface area (Å²) in [6.45, 7) is 1.28. The van der Waals surface area contributed by atoms with Crippen LogP contribution in [0.25, 0.3) is 0 Å². The Morgan fingerprint density at radius 3 is 2.70 bits per heavy atom. The van der Waals surface area contributed by atoms with E-state index in [1.165, 1.54) is 6.33 Å². The molecule has 0 spiro atoms. The van der Waals surface area contributed by atoms with Crippen LogP contribution in [0.5, 0.6) is 5.88 Å². The SMILES string of the molecule is CN(C)c1ccc(C(=O)N2CC[C@@H](Oc3ccncn3)C2)cc1. The summed E-state index contributed by atoms with van der Waals surface area (Å²) in [7, 11) is 3.96. The minimum atomic E-state index is -0.0186. The Morgan fingerprint density at radius 1 is 1.26 bits per heavy atom. The summed E-state index contributed by atoms with van der Waals surface area (Å²) >= 11 is 0. The molecule has 6 heteroatoms. The first-order valence-electron chi connectivity index (χ1n) is 7.63. The second kappa shape index (κ2) is 6.64. The molecule has 1 aliphatic rings. The number of anilines is 1. The molecular formula is C17H20N4O2. The first-order valence-corrected chi connectivity index (χ1v) is 7.63. The maximum Gasteiger partial charge on any atom is 0.253 e. The smallest absolute Gasteiger partial charge is 0.253 e. The number of nitrogens with zero attached hydrogens (tertiary/aromatic N) is 4. The topological polar surface area (TPSA) is 58.6 Å². The number of ether oxygens (including phenoxy) is 1. The second-order valence-corrected chi connectivity index (χ2v) is 5.77. The van der Waals surface area contributed by atoms with Crippen LogP contribution in [-0.4, -0.2) is 54.1 Å². The Morgan fingerprint density at radius 2 is 2.04 bits per heavy atom. The molecule has 6 nitrogen and oxygen atoms in total. The Bertz CT molecular complexity index is 658. The molecule has 23 heavy (non-hydrogen) atoms. The van der Waals surface area contributed by atoms with Gasteiger partial charge >= 0.3 is 0 Å². The molecule has 2 aromatic rings. The molecule has 1 atom stereocenters. The van der Waals surface area contributed by atoms with Gasteiger partial charge in [0.15, 0.2) is 0 Å². The Balaban J connectivity index is 1.61. The molecule has 120 valence electrons. The minimum Gasteiger partial charge on any atom is -0.472 e. The van der Waals surface area contributed by atoms with Crippen LogP contribution in [0.3, 0.4) is 0 Å². The van der Waals surface area contributed by atoms with Crippen LogP contribution >= 0.6 is 0 Å². The number of hydrogen-bond donors (Lipinski definition) is 0. The van der Waals surface area contributed by atoms with Crippen molar-refractivity contribution >= 4 is 11.6 Å². The van der Waals surface area contributed by atoms with Gasteiger partial charge in [-0.15, -0.1) is 0 Å². The third kappa shape index (κ3) is 3.59. The highest BCUT2D eigenvalue weighted by molar-refractivity contribution is 5.94. The number of rotatable bonds is 4. The fourth-order valence-corrected chi connectivity index (χ4v) is 2.61. The van der Waals surface area contributed by atoms with Crippen LogP contribution in [0.1, 0.15) is 16.8 Å². The summed E-state index contributed by atoms with van der Waals surface area (Å²) in [6, 6.07) is 9.38. The minimum absolute atomic E-state index is 0.0186. The molecule has 0 N–H and O–H groups in total. The number of hydrogen-bond acceptors (Lipinski definition) is 5. The van der Waals surface area contributed by atoms with Gasteiger partial charge in [0.25, 0.3) is 5.91 Å². The van der Waals surface area contributed by atoms with Gasteiger partial charge in [-0.05, 0) is 24.3 Å². The zero-order valence-corrected chi connectivity index (χ0v) is 13.3. The summed E-state index contributed by atoms with van der Waals surface area (Å²) in [5.74, 6) is 0.596. The largest absolute Gasteiger partial charge is 0.472 e. The van der Waals surface area contributed by atoms with E-state index in [2.05, 4.69) is 9.97 Å². The van der Waals surface area contributed by atoms with Crippen molar-refractivity contribution in [1.29, 1.82) is 0 Å². The number of amides is 1. The third-order valence-corrected chi connectivity index (χ3v) is 3.91. The van der Waals surface area contributed by atoms with Crippen LogP contribution in [-0.2, 0) is 0 Å². The highest BCUT2D eigenvalue weighted by Gasteiger charge is 2.28. The first-order chi connectivity index (χ1) is 11.1. The highest BCUT2D eigenvalue weighted by Crippen LogP contribution is 2.19. The zero-order chi connectivity index (χ0) is 16.2. The summed E-state index contributed by atoms with van der Waals surface area (Å²) < 4.78 is 5.79. The number of carbonyl (C=O) groups excluding carboxylic acids is 1. The van der Waals surface area contributed by atoms with Crippen LogP contribution in [0.4, 0.5) is 5.69 Å². The molecule has 0 radical (unpaired) electrons. The molecule has 0 aliphatic carbocycles. The van der Waals surface area contributed by atoms with Crippen molar-refractivity contribution in [3.8, 4) is 5.88 Å². The van der Waals surface area contributed by atoms with Crippen molar-refractivity contribution in [2.24, 2.45) is 0 Å². The zero-order valence-electron chi connectivity index (χ0n) is 13.3. The molecule has 0 saturated carbocycles. The van der Waals surface area contributed by atoms with Crippen molar-refractivity contribution in [2.75, 3.05) is 32.1 Å². The average Bonchev–Trinajstić information content (AvgIpc) is 3.03. The quantitative estimate of drug-likeness (QED) is 0.862. The Hall–Kier alpha value is -2.63. The van der Waals surface area contributed by atoms with Gasteiger partial charge in [0, 0.05) is 50.6 Å². The number of likely N-dealkylation sites (tertiary alicyclic amines) is 1. The molecule has 1 aromatic heterocycles. The van der Waals surface area contributed by atoms with Crippen molar-refractivity contribution in [3.63, 3.8) is 0 Å². The normalized spacial score (nSPS) is 17.1. The molecule has 1 amide bonds. The van der Waals surface area contributed by atoms with Gasteiger partial charge in [0.2, 0.25) is 5.88 Å². The maximum absolute atomic E-state index is 12.6. The fourth-order valence-electron chi connectivity index (χ4n) is 2.61.